The number of nitrogens with zero attached hydrogens (tertiary/aromatic N) is 2. The number of fused-ring (bicyclic) bond motifs is 1. The molecule has 4 aromatic rings. The molecular formula is C17H12N4O3. The maximum absolute atomic E-state index is 12.3. The first kappa shape index (κ1) is 14.0. The largest absolute Gasteiger partial charge is 0.494 e. The smallest absolute Gasteiger partial charge is 0.328 e. The lowest BCUT2D eigenvalue weighted by Crippen LogP contribution is -2.23. The molecule has 0 spiro atoms. The van der Waals surface area contributed by atoms with Crippen LogP contribution in [-0.4, -0.2) is 24.5 Å². The monoisotopic (exact) mass is 320 g/mol. The highest BCUT2D eigenvalue weighted by Crippen LogP contribution is 2.33. The average Bonchev–Trinajstić information content (AvgIpc) is 2.94. The van der Waals surface area contributed by atoms with Crippen molar-refractivity contribution >= 4 is 5.65 Å². The van der Waals surface area contributed by atoms with Gasteiger partial charge >= 0.3 is 5.69 Å². The van der Waals surface area contributed by atoms with Crippen LogP contribution in [0.25, 0.3) is 28.2 Å². The van der Waals surface area contributed by atoms with Crippen LogP contribution in [0.15, 0.2) is 64.3 Å². The Balaban J connectivity index is 2.16. The van der Waals surface area contributed by atoms with Crippen LogP contribution in [-0.2, 0) is 0 Å². The van der Waals surface area contributed by atoms with Crippen molar-refractivity contribution < 1.29 is 5.11 Å². The van der Waals surface area contributed by atoms with Crippen molar-refractivity contribution in [3.8, 4) is 28.4 Å². The fraction of sp³-hybridized carbons (Fsp3) is 0. The molecule has 0 aliphatic heterocycles. The van der Waals surface area contributed by atoms with Gasteiger partial charge in [0.15, 0.2) is 0 Å². The Bertz CT molecular complexity index is 1160. The molecule has 118 valence electrons. The molecule has 0 atom stereocenters. The maximum Gasteiger partial charge on any atom is 0.328 e. The van der Waals surface area contributed by atoms with Crippen LogP contribution < -0.4 is 11.2 Å². The minimum absolute atomic E-state index is 0.0350. The molecule has 24 heavy (non-hydrogen) atoms. The normalized spacial score (nSPS) is 11.0. The zero-order valence-corrected chi connectivity index (χ0v) is 12.4. The van der Waals surface area contributed by atoms with E-state index in [1.165, 1.54) is 0 Å². The number of hydrogen-bond donors (Lipinski definition) is 3. The van der Waals surface area contributed by atoms with Gasteiger partial charge in [0.1, 0.15) is 11.2 Å². The number of benzene rings is 1. The lowest BCUT2D eigenvalue weighted by atomic mass is 10.1. The van der Waals surface area contributed by atoms with Gasteiger partial charge < -0.3 is 5.11 Å². The summed E-state index contributed by atoms with van der Waals surface area (Å²) in [5, 5.41) is 10.2. The van der Waals surface area contributed by atoms with E-state index >= 15 is 0 Å². The number of aromatic hydroxyl groups is 1. The summed E-state index contributed by atoms with van der Waals surface area (Å²) in [6.45, 7) is 0. The van der Waals surface area contributed by atoms with E-state index in [0.717, 1.165) is 5.56 Å². The summed E-state index contributed by atoms with van der Waals surface area (Å²) in [5.74, 6) is -0.494. The SMILES string of the molecule is O=c1[nH]c(O)c(-c2c(-c3ccccc3)nc3ccccn23)c(=O)[nH]1. The van der Waals surface area contributed by atoms with E-state index < -0.39 is 17.1 Å². The number of nitrogens with one attached hydrogen (secondary N) is 2. The summed E-state index contributed by atoms with van der Waals surface area (Å²) >= 11 is 0. The third kappa shape index (κ3) is 2.11. The molecule has 0 bridgehead atoms. The summed E-state index contributed by atoms with van der Waals surface area (Å²) in [4.78, 5) is 32.6. The fourth-order valence-corrected chi connectivity index (χ4v) is 2.73. The predicted molar refractivity (Wildman–Crippen MR) is 89.0 cm³/mol. The number of imidazole rings is 1. The van der Waals surface area contributed by atoms with Gasteiger partial charge in [-0.1, -0.05) is 36.4 Å². The minimum atomic E-state index is -0.767. The van der Waals surface area contributed by atoms with Crippen molar-refractivity contribution in [3.63, 3.8) is 0 Å². The van der Waals surface area contributed by atoms with Gasteiger partial charge in [0.05, 0.1) is 11.4 Å². The number of aromatic amines is 2. The topological polar surface area (TPSA) is 103 Å². The summed E-state index contributed by atoms with van der Waals surface area (Å²) < 4.78 is 1.70. The van der Waals surface area contributed by atoms with E-state index in [-0.39, 0.29) is 5.56 Å². The molecule has 0 saturated carbocycles. The van der Waals surface area contributed by atoms with E-state index in [1.807, 2.05) is 36.4 Å². The van der Waals surface area contributed by atoms with Crippen molar-refractivity contribution in [3.05, 3.63) is 75.6 Å². The molecule has 0 aliphatic rings. The summed E-state index contributed by atoms with van der Waals surface area (Å²) in [6.07, 6.45) is 1.74. The van der Waals surface area contributed by atoms with E-state index in [2.05, 4.69) is 15.0 Å². The van der Waals surface area contributed by atoms with Crippen molar-refractivity contribution in [2.45, 2.75) is 0 Å². The predicted octanol–water partition coefficient (Wildman–Crippen LogP) is 1.75. The first-order valence-electron chi connectivity index (χ1n) is 7.23. The molecule has 0 unspecified atom stereocenters. The van der Waals surface area contributed by atoms with Gasteiger partial charge in [-0.15, -0.1) is 0 Å². The molecule has 0 radical (unpaired) electrons. The molecular weight excluding hydrogens is 308 g/mol. The number of aromatic nitrogens is 4. The van der Waals surface area contributed by atoms with E-state index in [0.29, 0.717) is 17.0 Å². The van der Waals surface area contributed by atoms with Crippen LogP contribution in [0.2, 0.25) is 0 Å². The van der Waals surface area contributed by atoms with Gasteiger partial charge in [0.25, 0.3) is 5.56 Å². The Morgan fingerprint density at radius 3 is 2.46 bits per heavy atom. The molecule has 1 aromatic carbocycles. The Morgan fingerprint density at radius 2 is 1.71 bits per heavy atom. The van der Waals surface area contributed by atoms with E-state index in [1.54, 1.807) is 22.7 Å². The third-order valence-electron chi connectivity index (χ3n) is 3.74. The zero-order valence-electron chi connectivity index (χ0n) is 12.4. The number of rotatable bonds is 2. The molecule has 0 aliphatic carbocycles. The molecule has 0 saturated heterocycles. The van der Waals surface area contributed by atoms with E-state index in [9.17, 15) is 14.7 Å². The second kappa shape index (κ2) is 5.24. The van der Waals surface area contributed by atoms with Gasteiger partial charge in [-0.2, -0.15) is 0 Å². The highest BCUT2D eigenvalue weighted by Gasteiger charge is 2.21. The van der Waals surface area contributed by atoms with Gasteiger partial charge in [-0.25, -0.2) is 9.78 Å². The molecule has 3 aromatic heterocycles. The van der Waals surface area contributed by atoms with Crippen molar-refractivity contribution in [2.75, 3.05) is 0 Å². The van der Waals surface area contributed by atoms with Crippen molar-refractivity contribution in [2.24, 2.45) is 0 Å². The third-order valence-corrected chi connectivity index (χ3v) is 3.74. The Hall–Kier alpha value is -3.61. The quantitative estimate of drug-likeness (QED) is 0.523. The molecule has 3 N–H and O–H groups in total. The van der Waals surface area contributed by atoms with Gasteiger partial charge in [-0.3, -0.25) is 19.2 Å². The molecule has 7 nitrogen and oxygen atoms in total. The Labute approximate surface area is 134 Å². The Morgan fingerprint density at radius 1 is 0.958 bits per heavy atom. The molecule has 4 rings (SSSR count). The van der Waals surface area contributed by atoms with Crippen LogP contribution in [0.4, 0.5) is 0 Å². The van der Waals surface area contributed by atoms with Gasteiger partial charge in [0, 0.05) is 11.8 Å². The summed E-state index contributed by atoms with van der Waals surface area (Å²) in [7, 11) is 0. The maximum atomic E-state index is 12.3. The first-order valence-corrected chi connectivity index (χ1v) is 7.23. The van der Waals surface area contributed by atoms with E-state index in [4.69, 9.17) is 0 Å². The zero-order chi connectivity index (χ0) is 16.7. The highest BCUT2D eigenvalue weighted by molar-refractivity contribution is 5.83. The highest BCUT2D eigenvalue weighted by atomic mass is 16.3. The van der Waals surface area contributed by atoms with Crippen molar-refractivity contribution in [1.29, 1.82) is 0 Å². The van der Waals surface area contributed by atoms with Crippen LogP contribution in [0, 0.1) is 0 Å². The van der Waals surface area contributed by atoms with Crippen molar-refractivity contribution in [1.82, 2.24) is 19.4 Å². The van der Waals surface area contributed by atoms with Gasteiger partial charge in [0.2, 0.25) is 5.88 Å². The molecule has 3 heterocycles. The standard InChI is InChI=1S/C17H12N4O3/c22-15-12(16(23)20-17(24)19-15)14-13(10-6-2-1-3-7-10)18-11-8-4-5-9-21(11)14/h1-9H,(H3,19,20,22,23,24). The summed E-state index contributed by atoms with van der Waals surface area (Å²) in [6, 6.07) is 14.8. The number of pyridine rings is 1. The average molecular weight is 320 g/mol. The van der Waals surface area contributed by atoms with Crippen LogP contribution in [0.3, 0.4) is 0 Å². The van der Waals surface area contributed by atoms with Crippen LogP contribution >= 0.6 is 0 Å². The number of hydrogen-bond acceptors (Lipinski definition) is 4. The second-order valence-electron chi connectivity index (χ2n) is 5.24. The fourth-order valence-electron chi connectivity index (χ4n) is 2.73. The lowest BCUT2D eigenvalue weighted by molar-refractivity contribution is 0.450. The van der Waals surface area contributed by atoms with Gasteiger partial charge in [-0.05, 0) is 12.1 Å². The molecule has 7 heteroatoms. The Kier molecular flexibility index (Phi) is 3.06. The molecule has 0 fully saturated rings. The van der Waals surface area contributed by atoms with Crippen LogP contribution in [0.1, 0.15) is 0 Å². The second-order valence-corrected chi connectivity index (χ2v) is 5.24. The lowest BCUT2D eigenvalue weighted by Gasteiger charge is -2.06. The molecule has 0 amide bonds. The number of H-pyrrole nitrogens is 2. The first-order chi connectivity index (χ1) is 11.6. The van der Waals surface area contributed by atoms with Crippen LogP contribution in [0.5, 0.6) is 5.88 Å². The summed E-state index contributed by atoms with van der Waals surface area (Å²) in [5.41, 5.74) is 0.876. The minimum Gasteiger partial charge on any atom is -0.494 e.